The Kier molecular flexibility index (Phi) is 7.48. The molecule has 0 bridgehead atoms. The summed E-state index contributed by atoms with van der Waals surface area (Å²) < 4.78 is 67.9. The monoisotopic (exact) mass is 585 g/mol. The van der Waals surface area contributed by atoms with Crippen molar-refractivity contribution in [2.45, 2.75) is 37.6 Å². The van der Waals surface area contributed by atoms with E-state index in [4.69, 9.17) is 11.6 Å². The molecule has 0 saturated carbocycles. The number of nitrogens with zero attached hydrogens (tertiary/aromatic N) is 6. The van der Waals surface area contributed by atoms with Gasteiger partial charge in [-0.05, 0) is 37.5 Å². The number of aliphatic hydroxyl groups excluding tert-OH is 1. The lowest BCUT2D eigenvalue weighted by Gasteiger charge is -2.30. The number of aliphatic hydroxyl groups is 1. The number of hydrogen-bond acceptors (Lipinski definition) is 8. The van der Waals surface area contributed by atoms with Crippen molar-refractivity contribution in [2.24, 2.45) is 0 Å². The van der Waals surface area contributed by atoms with Crippen molar-refractivity contribution in [3.63, 3.8) is 0 Å². The molecule has 4 heterocycles. The minimum Gasteiger partial charge on any atom is -0.391 e. The molecule has 0 amide bonds. The van der Waals surface area contributed by atoms with Gasteiger partial charge < -0.3 is 19.9 Å². The molecular formula is C24H27ClF3N7O3S. The zero-order valence-corrected chi connectivity index (χ0v) is 22.5. The summed E-state index contributed by atoms with van der Waals surface area (Å²) in [5.74, 6) is 0.000502. The lowest BCUT2D eigenvalue weighted by Crippen LogP contribution is -2.42. The largest absolute Gasteiger partial charge is 0.420 e. The molecule has 0 unspecified atom stereocenters. The summed E-state index contributed by atoms with van der Waals surface area (Å²) in [5, 5.41) is 13.2. The number of imidazole rings is 1. The van der Waals surface area contributed by atoms with Crippen LogP contribution in [0.25, 0.3) is 17.1 Å². The molecule has 10 nitrogen and oxygen atoms in total. The highest BCUT2D eigenvalue weighted by atomic mass is 35.5. The van der Waals surface area contributed by atoms with Crippen molar-refractivity contribution in [1.82, 2.24) is 23.8 Å². The third kappa shape index (κ3) is 6.13. The summed E-state index contributed by atoms with van der Waals surface area (Å²) in [6.07, 6.45) is 1.15. The van der Waals surface area contributed by atoms with Gasteiger partial charge >= 0.3 is 6.18 Å². The van der Waals surface area contributed by atoms with Gasteiger partial charge in [-0.15, -0.1) is 0 Å². The van der Waals surface area contributed by atoms with Gasteiger partial charge in [0.05, 0.1) is 23.1 Å². The number of anilines is 2. The maximum atomic E-state index is 13.9. The standard InChI is InChI=1S/C24H27ClF3N7O3S/c1-39(37,38)35-8-4-15(5-9-35)31-23-29-11-18(24(26,27)28)22(32-23)20-13-34(14-30-20)21-3-2-16(10-19(21)25)33-7-6-17(36)12-33/h2-3,10-11,13-15,17,36H,4-9,12H2,1H3,(H,29,31,32)/t17-/m1/s1. The second kappa shape index (κ2) is 10.6. The Morgan fingerprint density at radius 2 is 1.87 bits per heavy atom. The minimum atomic E-state index is -4.71. The second-order valence-corrected chi connectivity index (χ2v) is 12.1. The summed E-state index contributed by atoms with van der Waals surface area (Å²) in [7, 11) is -3.30. The molecule has 39 heavy (non-hydrogen) atoms. The molecule has 0 spiro atoms. The summed E-state index contributed by atoms with van der Waals surface area (Å²) in [6, 6.07) is 5.13. The maximum Gasteiger partial charge on any atom is 0.420 e. The van der Waals surface area contributed by atoms with Crippen LogP contribution in [0.15, 0.2) is 36.9 Å². The van der Waals surface area contributed by atoms with Gasteiger partial charge in [0.15, 0.2) is 0 Å². The van der Waals surface area contributed by atoms with E-state index in [0.717, 1.165) is 18.1 Å². The fourth-order valence-electron chi connectivity index (χ4n) is 4.82. The number of rotatable bonds is 6. The van der Waals surface area contributed by atoms with E-state index < -0.39 is 27.9 Å². The van der Waals surface area contributed by atoms with Crippen LogP contribution in [0.3, 0.4) is 0 Å². The summed E-state index contributed by atoms with van der Waals surface area (Å²) in [5.41, 5.74) is -0.0563. The van der Waals surface area contributed by atoms with Crippen LogP contribution in [-0.4, -0.2) is 81.9 Å². The fourth-order valence-corrected chi connectivity index (χ4v) is 5.97. The van der Waals surface area contributed by atoms with Gasteiger partial charge in [-0.25, -0.2) is 27.7 Å². The minimum absolute atomic E-state index is 0.000502. The number of hydrogen-bond donors (Lipinski definition) is 2. The topological polar surface area (TPSA) is 116 Å². The highest BCUT2D eigenvalue weighted by Crippen LogP contribution is 2.36. The number of sulfonamides is 1. The molecule has 1 aromatic carbocycles. The Hall–Kier alpha value is -2.94. The van der Waals surface area contributed by atoms with E-state index in [0.29, 0.717) is 56.2 Å². The Labute approximate surface area is 228 Å². The average Bonchev–Trinajstić information content (AvgIpc) is 3.52. The first-order valence-corrected chi connectivity index (χ1v) is 14.5. The van der Waals surface area contributed by atoms with E-state index in [1.165, 1.54) is 21.4 Å². The molecule has 2 N–H and O–H groups in total. The molecule has 1 atom stereocenters. The second-order valence-electron chi connectivity index (χ2n) is 9.72. The highest BCUT2D eigenvalue weighted by molar-refractivity contribution is 7.88. The number of β-amino-alcohol motifs (C(OH)–C–C–N with tert-alkyl or cyclic N) is 1. The molecule has 15 heteroatoms. The van der Waals surface area contributed by atoms with Gasteiger partial charge in [-0.3, -0.25) is 0 Å². The van der Waals surface area contributed by atoms with Crippen LogP contribution in [0.5, 0.6) is 0 Å². The molecular weight excluding hydrogens is 559 g/mol. The van der Waals surface area contributed by atoms with E-state index in [1.807, 2.05) is 11.0 Å². The van der Waals surface area contributed by atoms with Crippen LogP contribution < -0.4 is 10.2 Å². The number of alkyl halides is 3. The van der Waals surface area contributed by atoms with Crippen LogP contribution >= 0.6 is 11.6 Å². The molecule has 2 aliphatic heterocycles. The van der Waals surface area contributed by atoms with Crippen molar-refractivity contribution in [1.29, 1.82) is 0 Å². The quantitative estimate of drug-likeness (QED) is 0.452. The summed E-state index contributed by atoms with van der Waals surface area (Å²) >= 11 is 6.52. The molecule has 2 aromatic heterocycles. The van der Waals surface area contributed by atoms with Crippen molar-refractivity contribution < 1.29 is 26.7 Å². The van der Waals surface area contributed by atoms with E-state index in [1.54, 1.807) is 12.1 Å². The third-order valence-corrected chi connectivity index (χ3v) is 8.52. The van der Waals surface area contributed by atoms with Crippen LogP contribution in [0.4, 0.5) is 24.8 Å². The van der Waals surface area contributed by atoms with Gasteiger partial charge in [0, 0.05) is 50.3 Å². The zero-order chi connectivity index (χ0) is 27.9. The highest BCUT2D eigenvalue weighted by Gasteiger charge is 2.36. The number of benzene rings is 1. The normalized spacial score (nSPS) is 19.5. The van der Waals surface area contributed by atoms with E-state index in [2.05, 4.69) is 20.3 Å². The number of piperidine rings is 1. The Bertz CT molecular complexity index is 1460. The zero-order valence-electron chi connectivity index (χ0n) is 20.9. The van der Waals surface area contributed by atoms with E-state index >= 15 is 0 Å². The molecule has 3 aromatic rings. The molecule has 0 aliphatic carbocycles. The first-order chi connectivity index (χ1) is 18.4. The predicted octanol–water partition coefficient (Wildman–Crippen LogP) is 3.41. The van der Waals surface area contributed by atoms with Crippen molar-refractivity contribution in [2.75, 3.05) is 42.7 Å². The molecule has 2 aliphatic rings. The average molecular weight is 586 g/mol. The first-order valence-electron chi connectivity index (χ1n) is 12.3. The van der Waals surface area contributed by atoms with Gasteiger partial charge in [-0.1, -0.05) is 11.6 Å². The van der Waals surface area contributed by atoms with Crippen LogP contribution in [0.2, 0.25) is 5.02 Å². The Morgan fingerprint density at radius 3 is 2.49 bits per heavy atom. The number of halogens is 4. The van der Waals surface area contributed by atoms with Crippen LogP contribution in [0, 0.1) is 0 Å². The summed E-state index contributed by atoms with van der Waals surface area (Å²) in [4.78, 5) is 14.2. The Balaban J connectivity index is 1.39. The van der Waals surface area contributed by atoms with Crippen molar-refractivity contribution >= 4 is 33.3 Å². The lowest BCUT2D eigenvalue weighted by atomic mass is 10.1. The molecule has 2 saturated heterocycles. The predicted molar refractivity (Wildman–Crippen MR) is 141 cm³/mol. The summed E-state index contributed by atoms with van der Waals surface area (Å²) in [6.45, 7) is 1.80. The van der Waals surface area contributed by atoms with Gasteiger partial charge in [0.25, 0.3) is 0 Å². The van der Waals surface area contributed by atoms with Crippen LogP contribution in [-0.2, 0) is 16.2 Å². The fraction of sp³-hybridized carbons (Fsp3) is 0.458. The van der Waals surface area contributed by atoms with E-state index in [-0.39, 0.29) is 23.4 Å². The van der Waals surface area contributed by atoms with Gasteiger partial charge in [0.1, 0.15) is 23.3 Å². The first kappa shape index (κ1) is 27.6. The molecule has 0 radical (unpaired) electrons. The molecule has 5 rings (SSSR count). The molecule has 2 fully saturated rings. The van der Waals surface area contributed by atoms with Crippen molar-refractivity contribution in [3.8, 4) is 17.1 Å². The smallest absolute Gasteiger partial charge is 0.391 e. The lowest BCUT2D eigenvalue weighted by molar-refractivity contribution is -0.137. The molecule has 210 valence electrons. The number of nitrogens with one attached hydrogen (secondary N) is 1. The maximum absolute atomic E-state index is 13.9. The van der Waals surface area contributed by atoms with Crippen LogP contribution in [0.1, 0.15) is 24.8 Å². The van der Waals surface area contributed by atoms with Crippen molar-refractivity contribution in [3.05, 3.63) is 47.5 Å². The van der Waals surface area contributed by atoms with Gasteiger partial charge in [-0.2, -0.15) is 13.2 Å². The SMILES string of the molecule is CS(=O)(=O)N1CCC(Nc2ncc(C(F)(F)F)c(-c3cn(-c4ccc(N5CC[C@@H](O)C5)cc4Cl)cn3)n2)CC1. The van der Waals surface area contributed by atoms with Gasteiger partial charge in [0.2, 0.25) is 16.0 Å². The van der Waals surface area contributed by atoms with E-state index in [9.17, 15) is 26.7 Å². The Morgan fingerprint density at radius 1 is 1.13 bits per heavy atom. The third-order valence-electron chi connectivity index (χ3n) is 6.91. The number of aromatic nitrogens is 4.